The minimum absolute atomic E-state index is 0.245. The van der Waals surface area contributed by atoms with Gasteiger partial charge in [0.15, 0.2) is 0 Å². The van der Waals surface area contributed by atoms with Crippen LogP contribution in [0.2, 0.25) is 0 Å². The Bertz CT molecular complexity index is 678. The van der Waals surface area contributed by atoms with Gasteiger partial charge in [0, 0.05) is 17.1 Å². The maximum Gasteiger partial charge on any atom is 0.337 e. The molecule has 2 rings (SSSR count). The first-order valence-electron chi connectivity index (χ1n) is 7.14. The molecule has 0 spiro atoms. The van der Waals surface area contributed by atoms with Crippen molar-refractivity contribution < 1.29 is 9.90 Å². The average molecular weight is 273 g/mol. The number of nitrogens with zero attached hydrogens (tertiary/aromatic N) is 1. The highest BCUT2D eigenvalue weighted by atomic mass is 16.4. The van der Waals surface area contributed by atoms with Crippen LogP contribution in [0.1, 0.15) is 66.8 Å². The van der Waals surface area contributed by atoms with Gasteiger partial charge in [0.2, 0.25) is 0 Å². The number of carbonyl (C=O) groups is 1. The Morgan fingerprint density at radius 3 is 2.20 bits per heavy atom. The maximum absolute atomic E-state index is 11.7. The van der Waals surface area contributed by atoms with Gasteiger partial charge in [0.05, 0.1) is 11.1 Å². The van der Waals surface area contributed by atoms with Crippen LogP contribution >= 0.6 is 0 Å². The van der Waals surface area contributed by atoms with E-state index in [2.05, 4.69) is 52.2 Å². The summed E-state index contributed by atoms with van der Waals surface area (Å²) in [5, 5.41) is 10.7. The largest absolute Gasteiger partial charge is 0.478 e. The Hall–Kier alpha value is -1.77. The summed E-state index contributed by atoms with van der Waals surface area (Å²) >= 11 is 0. The molecule has 0 aliphatic heterocycles. The van der Waals surface area contributed by atoms with Crippen LogP contribution in [0, 0.1) is 13.8 Å². The fourth-order valence-electron chi connectivity index (χ4n) is 2.89. The van der Waals surface area contributed by atoms with E-state index in [1.54, 1.807) is 0 Å². The Balaban J connectivity index is 2.98. The van der Waals surface area contributed by atoms with Crippen LogP contribution in [0.15, 0.2) is 12.1 Å². The Kier molecular flexibility index (Phi) is 3.63. The van der Waals surface area contributed by atoms with Crippen molar-refractivity contribution in [2.45, 2.75) is 53.5 Å². The van der Waals surface area contributed by atoms with Gasteiger partial charge in [-0.05, 0) is 56.9 Å². The maximum atomic E-state index is 11.7. The molecule has 1 aromatic heterocycles. The standard InChI is InChI=1S/C17H23NO2/c1-9(2)13-7-14-11(5)12(6)18(10(3)4)16(14)15(8-13)17(19)20/h7-10H,1-6H3,(H,19,20). The highest BCUT2D eigenvalue weighted by molar-refractivity contribution is 6.04. The van der Waals surface area contributed by atoms with Crippen LogP contribution in [-0.4, -0.2) is 15.6 Å². The second-order valence-electron chi connectivity index (χ2n) is 6.10. The molecule has 2 aromatic rings. The van der Waals surface area contributed by atoms with Gasteiger partial charge in [-0.1, -0.05) is 13.8 Å². The zero-order valence-corrected chi connectivity index (χ0v) is 13.1. The van der Waals surface area contributed by atoms with E-state index in [1.165, 1.54) is 5.56 Å². The number of aryl methyl sites for hydroxylation is 1. The minimum atomic E-state index is -0.850. The molecule has 0 saturated heterocycles. The van der Waals surface area contributed by atoms with E-state index in [0.717, 1.165) is 22.2 Å². The highest BCUT2D eigenvalue weighted by Gasteiger charge is 2.21. The molecule has 20 heavy (non-hydrogen) atoms. The normalized spacial score (nSPS) is 11.8. The first-order valence-corrected chi connectivity index (χ1v) is 7.14. The summed E-state index contributed by atoms with van der Waals surface area (Å²) in [6, 6.07) is 4.22. The summed E-state index contributed by atoms with van der Waals surface area (Å²) in [7, 11) is 0. The van der Waals surface area contributed by atoms with Gasteiger partial charge >= 0.3 is 5.97 Å². The number of benzene rings is 1. The predicted molar refractivity (Wildman–Crippen MR) is 82.8 cm³/mol. The van der Waals surface area contributed by atoms with Gasteiger partial charge in [-0.15, -0.1) is 0 Å². The van der Waals surface area contributed by atoms with Crippen molar-refractivity contribution in [3.8, 4) is 0 Å². The average Bonchev–Trinajstić information content (AvgIpc) is 2.61. The zero-order valence-electron chi connectivity index (χ0n) is 13.1. The number of hydrogen-bond acceptors (Lipinski definition) is 1. The molecular weight excluding hydrogens is 250 g/mol. The fraction of sp³-hybridized carbons (Fsp3) is 0.471. The lowest BCUT2D eigenvalue weighted by Crippen LogP contribution is -2.08. The van der Waals surface area contributed by atoms with Crippen LogP contribution in [0.3, 0.4) is 0 Å². The molecule has 0 amide bonds. The first kappa shape index (κ1) is 14.6. The molecule has 3 nitrogen and oxygen atoms in total. The molecule has 0 saturated carbocycles. The van der Waals surface area contributed by atoms with E-state index in [9.17, 15) is 9.90 Å². The molecule has 0 radical (unpaired) electrons. The van der Waals surface area contributed by atoms with Crippen molar-refractivity contribution in [1.29, 1.82) is 0 Å². The van der Waals surface area contributed by atoms with Crippen LogP contribution in [-0.2, 0) is 0 Å². The molecule has 3 heteroatoms. The van der Waals surface area contributed by atoms with Gasteiger partial charge in [0.1, 0.15) is 0 Å². The van der Waals surface area contributed by atoms with E-state index in [-0.39, 0.29) is 6.04 Å². The fourth-order valence-corrected chi connectivity index (χ4v) is 2.89. The molecule has 1 heterocycles. The SMILES string of the molecule is Cc1c(C)n(C(C)C)c2c(C(=O)O)cc(C(C)C)cc12. The van der Waals surface area contributed by atoms with E-state index in [0.29, 0.717) is 11.5 Å². The van der Waals surface area contributed by atoms with Gasteiger partial charge in [-0.25, -0.2) is 4.79 Å². The number of fused-ring (bicyclic) bond motifs is 1. The van der Waals surface area contributed by atoms with Crippen molar-refractivity contribution in [3.05, 3.63) is 34.5 Å². The van der Waals surface area contributed by atoms with E-state index in [1.807, 2.05) is 6.07 Å². The number of carboxylic acid groups (broad SMARTS) is 1. The third-order valence-electron chi connectivity index (χ3n) is 4.09. The van der Waals surface area contributed by atoms with Crippen molar-refractivity contribution in [3.63, 3.8) is 0 Å². The van der Waals surface area contributed by atoms with Crippen molar-refractivity contribution >= 4 is 16.9 Å². The summed E-state index contributed by atoms with van der Waals surface area (Å²) in [4.78, 5) is 11.7. The molecular formula is C17H23NO2. The third kappa shape index (κ3) is 2.11. The number of aromatic nitrogens is 1. The van der Waals surface area contributed by atoms with Crippen LogP contribution in [0.4, 0.5) is 0 Å². The molecule has 0 unspecified atom stereocenters. The van der Waals surface area contributed by atoms with E-state index in [4.69, 9.17) is 0 Å². The van der Waals surface area contributed by atoms with Crippen LogP contribution in [0.5, 0.6) is 0 Å². The Morgan fingerprint density at radius 2 is 1.75 bits per heavy atom. The lowest BCUT2D eigenvalue weighted by Gasteiger charge is -2.15. The minimum Gasteiger partial charge on any atom is -0.478 e. The molecule has 0 aliphatic carbocycles. The number of aromatic carboxylic acids is 1. The smallest absolute Gasteiger partial charge is 0.337 e. The monoisotopic (exact) mass is 273 g/mol. The topological polar surface area (TPSA) is 42.2 Å². The third-order valence-corrected chi connectivity index (χ3v) is 4.09. The molecule has 0 fully saturated rings. The zero-order chi connectivity index (χ0) is 15.2. The second-order valence-corrected chi connectivity index (χ2v) is 6.10. The van der Waals surface area contributed by atoms with Gasteiger partial charge in [-0.2, -0.15) is 0 Å². The summed E-state index contributed by atoms with van der Waals surface area (Å²) in [5.74, 6) is -0.531. The molecule has 1 aromatic carbocycles. The predicted octanol–water partition coefficient (Wildman–Crippen LogP) is 4.66. The lowest BCUT2D eigenvalue weighted by molar-refractivity contribution is 0.0698. The molecule has 0 aliphatic rings. The van der Waals surface area contributed by atoms with E-state index >= 15 is 0 Å². The van der Waals surface area contributed by atoms with Crippen molar-refractivity contribution in [1.82, 2.24) is 4.57 Å². The lowest BCUT2D eigenvalue weighted by atomic mass is 9.97. The Morgan fingerprint density at radius 1 is 1.15 bits per heavy atom. The second kappa shape index (κ2) is 4.97. The summed E-state index contributed by atoms with van der Waals surface area (Å²) in [6.07, 6.45) is 0. The first-order chi connectivity index (χ1) is 9.25. The van der Waals surface area contributed by atoms with Crippen LogP contribution in [0.25, 0.3) is 10.9 Å². The highest BCUT2D eigenvalue weighted by Crippen LogP contribution is 2.33. The summed E-state index contributed by atoms with van der Waals surface area (Å²) in [6.45, 7) is 12.5. The molecule has 1 N–H and O–H groups in total. The number of hydrogen-bond donors (Lipinski definition) is 1. The van der Waals surface area contributed by atoms with Gasteiger partial charge in [-0.3, -0.25) is 0 Å². The van der Waals surface area contributed by atoms with Crippen molar-refractivity contribution in [2.75, 3.05) is 0 Å². The van der Waals surface area contributed by atoms with Crippen LogP contribution < -0.4 is 0 Å². The van der Waals surface area contributed by atoms with Gasteiger partial charge < -0.3 is 9.67 Å². The van der Waals surface area contributed by atoms with Gasteiger partial charge in [0.25, 0.3) is 0 Å². The number of rotatable bonds is 3. The quantitative estimate of drug-likeness (QED) is 0.883. The molecule has 0 bridgehead atoms. The molecule has 0 atom stereocenters. The summed E-state index contributed by atoms with van der Waals surface area (Å²) in [5.41, 5.74) is 4.68. The molecule has 108 valence electrons. The van der Waals surface area contributed by atoms with Crippen molar-refractivity contribution in [2.24, 2.45) is 0 Å². The number of carboxylic acids is 1. The Labute approximate surface area is 120 Å². The summed E-state index contributed by atoms with van der Waals surface area (Å²) < 4.78 is 2.14. The van der Waals surface area contributed by atoms with E-state index < -0.39 is 5.97 Å².